The zero-order chi connectivity index (χ0) is 16.3. The highest BCUT2D eigenvalue weighted by Crippen LogP contribution is 2.37. The normalized spacial score (nSPS) is 20.6. The highest BCUT2D eigenvalue weighted by Gasteiger charge is 2.40. The fraction of sp³-hybridized carbons (Fsp3) is 0.632. The first kappa shape index (κ1) is 16.3. The first-order valence-corrected chi connectivity index (χ1v) is 8.82. The van der Waals surface area contributed by atoms with Crippen molar-refractivity contribution in [1.29, 1.82) is 0 Å². The molecule has 1 aromatic carbocycles. The molecule has 1 saturated carbocycles. The van der Waals surface area contributed by atoms with E-state index in [-0.39, 0.29) is 11.4 Å². The minimum atomic E-state index is 0.0289. The monoisotopic (exact) mass is 316 g/mol. The van der Waals surface area contributed by atoms with Crippen LogP contribution in [0.2, 0.25) is 0 Å². The third-order valence-electron chi connectivity index (χ3n) is 5.55. The minimum Gasteiger partial charge on any atom is -0.496 e. The van der Waals surface area contributed by atoms with Crippen molar-refractivity contribution in [2.75, 3.05) is 26.7 Å². The largest absolute Gasteiger partial charge is 0.496 e. The van der Waals surface area contributed by atoms with E-state index in [0.29, 0.717) is 0 Å². The number of carbonyl (C=O) groups excluding carboxylic acids is 1. The Balaban J connectivity index is 1.66. The van der Waals surface area contributed by atoms with E-state index in [1.54, 1.807) is 7.11 Å². The van der Waals surface area contributed by atoms with Gasteiger partial charge in [0, 0.05) is 17.6 Å². The molecule has 1 amide bonds. The summed E-state index contributed by atoms with van der Waals surface area (Å²) in [4.78, 5) is 15.2. The molecule has 23 heavy (non-hydrogen) atoms. The van der Waals surface area contributed by atoms with Gasteiger partial charge in [0.25, 0.3) is 5.91 Å². The first-order chi connectivity index (χ1) is 11.1. The van der Waals surface area contributed by atoms with Gasteiger partial charge in [-0.15, -0.1) is 0 Å². The van der Waals surface area contributed by atoms with Crippen LogP contribution >= 0.6 is 0 Å². The SMILES string of the molecule is COc1ccc(C(=O)NCC2(N3CCCC3)CCCC2)cc1C. The van der Waals surface area contributed by atoms with Crippen LogP contribution in [-0.4, -0.2) is 43.1 Å². The van der Waals surface area contributed by atoms with Crippen molar-refractivity contribution in [2.45, 2.75) is 51.0 Å². The van der Waals surface area contributed by atoms with E-state index in [1.165, 1.54) is 51.6 Å². The Labute approximate surface area is 139 Å². The van der Waals surface area contributed by atoms with Gasteiger partial charge < -0.3 is 10.1 Å². The zero-order valence-corrected chi connectivity index (χ0v) is 14.4. The Morgan fingerprint density at radius 3 is 2.52 bits per heavy atom. The number of methoxy groups -OCH3 is 1. The Bertz CT molecular complexity index is 558. The number of nitrogens with one attached hydrogen (secondary N) is 1. The lowest BCUT2D eigenvalue weighted by Crippen LogP contribution is -2.53. The average molecular weight is 316 g/mol. The summed E-state index contributed by atoms with van der Waals surface area (Å²) in [7, 11) is 1.65. The smallest absolute Gasteiger partial charge is 0.251 e. The maximum atomic E-state index is 12.5. The van der Waals surface area contributed by atoms with Gasteiger partial charge in [-0.1, -0.05) is 12.8 Å². The fourth-order valence-corrected chi connectivity index (χ4v) is 4.20. The predicted molar refractivity (Wildman–Crippen MR) is 92.1 cm³/mol. The van der Waals surface area contributed by atoms with Gasteiger partial charge in [-0.25, -0.2) is 0 Å². The van der Waals surface area contributed by atoms with E-state index in [0.717, 1.165) is 23.4 Å². The highest BCUT2D eigenvalue weighted by atomic mass is 16.5. The molecule has 1 saturated heterocycles. The van der Waals surface area contributed by atoms with Gasteiger partial charge in [-0.05, 0) is 69.5 Å². The number of aryl methyl sites for hydroxylation is 1. The van der Waals surface area contributed by atoms with Crippen LogP contribution in [0.3, 0.4) is 0 Å². The molecule has 3 rings (SSSR count). The molecule has 4 nitrogen and oxygen atoms in total. The van der Waals surface area contributed by atoms with Gasteiger partial charge in [0.1, 0.15) is 5.75 Å². The second-order valence-electron chi connectivity index (χ2n) is 6.99. The van der Waals surface area contributed by atoms with E-state index in [4.69, 9.17) is 4.74 Å². The maximum Gasteiger partial charge on any atom is 0.251 e. The van der Waals surface area contributed by atoms with Crippen molar-refractivity contribution < 1.29 is 9.53 Å². The molecule has 1 N–H and O–H groups in total. The molecule has 0 unspecified atom stereocenters. The summed E-state index contributed by atoms with van der Waals surface area (Å²) < 4.78 is 5.27. The number of carbonyl (C=O) groups is 1. The molecule has 1 aliphatic heterocycles. The summed E-state index contributed by atoms with van der Waals surface area (Å²) in [5.74, 6) is 0.854. The van der Waals surface area contributed by atoms with Crippen LogP contribution in [-0.2, 0) is 0 Å². The van der Waals surface area contributed by atoms with E-state index in [1.807, 2.05) is 25.1 Å². The Kier molecular flexibility index (Phi) is 4.90. The van der Waals surface area contributed by atoms with Crippen LogP contribution in [0.5, 0.6) is 5.75 Å². The molecule has 4 heteroatoms. The molecular weight excluding hydrogens is 288 g/mol. The van der Waals surface area contributed by atoms with Gasteiger partial charge in [0.15, 0.2) is 0 Å². The Hall–Kier alpha value is -1.55. The molecule has 1 heterocycles. The molecule has 0 radical (unpaired) electrons. The number of benzene rings is 1. The molecule has 1 aromatic rings. The van der Waals surface area contributed by atoms with E-state index >= 15 is 0 Å². The summed E-state index contributed by atoms with van der Waals surface area (Å²) in [6, 6.07) is 5.62. The number of rotatable bonds is 5. The molecule has 0 atom stereocenters. The topological polar surface area (TPSA) is 41.6 Å². The number of ether oxygens (including phenoxy) is 1. The van der Waals surface area contributed by atoms with Crippen molar-refractivity contribution in [3.05, 3.63) is 29.3 Å². The molecule has 2 aliphatic rings. The number of hydrogen-bond acceptors (Lipinski definition) is 3. The second-order valence-corrected chi connectivity index (χ2v) is 6.99. The van der Waals surface area contributed by atoms with Gasteiger partial charge >= 0.3 is 0 Å². The zero-order valence-electron chi connectivity index (χ0n) is 14.4. The Morgan fingerprint density at radius 1 is 1.22 bits per heavy atom. The molecule has 0 bridgehead atoms. The lowest BCUT2D eigenvalue weighted by molar-refractivity contribution is 0.0860. The standard InChI is InChI=1S/C19H28N2O2/c1-15-13-16(7-8-17(15)23-2)18(22)20-14-19(9-3-4-10-19)21-11-5-6-12-21/h7-8,13H,3-6,9-12,14H2,1-2H3,(H,20,22). The molecule has 0 spiro atoms. The third kappa shape index (κ3) is 3.37. The van der Waals surface area contributed by atoms with Crippen molar-refractivity contribution >= 4 is 5.91 Å². The van der Waals surface area contributed by atoms with Crippen LogP contribution in [0.4, 0.5) is 0 Å². The summed E-state index contributed by atoms with van der Waals surface area (Å²) in [6.07, 6.45) is 7.60. The molecule has 126 valence electrons. The maximum absolute atomic E-state index is 12.5. The highest BCUT2D eigenvalue weighted by molar-refractivity contribution is 5.94. The minimum absolute atomic E-state index is 0.0289. The van der Waals surface area contributed by atoms with Crippen molar-refractivity contribution in [3.8, 4) is 5.75 Å². The number of nitrogens with zero attached hydrogens (tertiary/aromatic N) is 1. The molecular formula is C19H28N2O2. The van der Waals surface area contributed by atoms with Gasteiger partial charge in [0.2, 0.25) is 0 Å². The van der Waals surface area contributed by atoms with Crippen molar-refractivity contribution in [2.24, 2.45) is 0 Å². The van der Waals surface area contributed by atoms with Crippen LogP contribution in [0.15, 0.2) is 18.2 Å². The number of amides is 1. The summed E-state index contributed by atoms with van der Waals surface area (Å²) in [5.41, 5.74) is 1.92. The van der Waals surface area contributed by atoms with Gasteiger partial charge in [-0.3, -0.25) is 9.69 Å². The average Bonchev–Trinajstić information content (AvgIpc) is 3.24. The predicted octanol–water partition coefficient (Wildman–Crippen LogP) is 3.14. The number of hydrogen-bond donors (Lipinski definition) is 1. The van der Waals surface area contributed by atoms with Crippen LogP contribution < -0.4 is 10.1 Å². The Morgan fingerprint density at radius 2 is 1.91 bits per heavy atom. The van der Waals surface area contributed by atoms with Crippen molar-refractivity contribution in [1.82, 2.24) is 10.2 Å². The van der Waals surface area contributed by atoms with Crippen LogP contribution in [0.1, 0.15) is 54.4 Å². The summed E-state index contributed by atoms with van der Waals surface area (Å²) in [6.45, 7) is 5.13. The number of likely N-dealkylation sites (tertiary alicyclic amines) is 1. The third-order valence-corrected chi connectivity index (χ3v) is 5.55. The quantitative estimate of drug-likeness (QED) is 0.907. The van der Waals surface area contributed by atoms with Crippen molar-refractivity contribution in [3.63, 3.8) is 0 Å². The van der Waals surface area contributed by atoms with Gasteiger partial charge in [-0.2, -0.15) is 0 Å². The summed E-state index contributed by atoms with van der Waals surface area (Å²) in [5, 5.41) is 3.20. The summed E-state index contributed by atoms with van der Waals surface area (Å²) >= 11 is 0. The molecule has 2 fully saturated rings. The lowest BCUT2D eigenvalue weighted by Gasteiger charge is -2.39. The van der Waals surface area contributed by atoms with Gasteiger partial charge in [0.05, 0.1) is 7.11 Å². The van der Waals surface area contributed by atoms with Crippen LogP contribution in [0, 0.1) is 6.92 Å². The molecule has 1 aliphatic carbocycles. The van der Waals surface area contributed by atoms with Crippen LogP contribution in [0.25, 0.3) is 0 Å². The fourth-order valence-electron chi connectivity index (χ4n) is 4.20. The van der Waals surface area contributed by atoms with E-state index < -0.39 is 0 Å². The lowest BCUT2D eigenvalue weighted by atomic mass is 9.95. The second kappa shape index (κ2) is 6.91. The van der Waals surface area contributed by atoms with E-state index in [9.17, 15) is 4.79 Å². The first-order valence-electron chi connectivity index (χ1n) is 8.82. The molecule has 0 aromatic heterocycles. The van der Waals surface area contributed by atoms with E-state index in [2.05, 4.69) is 10.2 Å².